The van der Waals surface area contributed by atoms with Gasteiger partial charge in [-0.05, 0) is 51.5 Å². The average Bonchev–Trinajstić information content (AvgIpc) is 2.44. The summed E-state index contributed by atoms with van der Waals surface area (Å²) < 4.78 is 23.1. The second kappa shape index (κ2) is 3.74. The van der Waals surface area contributed by atoms with Gasteiger partial charge >= 0.3 is 0 Å². The molecule has 0 amide bonds. The Bertz CT molecular complexity index is 334. The van der Waals surface area contributed by atoms with Gasteiger partial charge in [-0.25, -0.2) is 8.42 Å². The quantitative estimate of drug-likeness (QED) is 0.737. The van der Waals surface area contributed by atoms with Gasteiger partial charge in [-0.1, -0.05) is 0 Å². The van der Waals surface area contributed by atoms with E-state index in [0.29, 0.717) is 23.3 Å². The van der Waals surface area contributed by atoms with Crippen LogP contribution in [-0.2, 0) is 9.84 Å². The average molecular weight is 231 g/mol. The first-order chi connectivity index (χ1) is 6.88. The van der Waals surface area contributed by atoms with E-state index in [-0.39, 0.29) is 5.54 Å². The Morgan fingerprint density at radius 3 is 2.53 bits per heavy atom. The van der Waals surface area contributed by atoms with Crippen molar-refractivity contribution in [2.24, 2.45) is 11.8 Å². The summed E-state index contributed by atoms with van der Waals surface area (Å²) in [5, 5.41) is 3.48. The SMILES string of the molecule is CC1(C)CC(C2CCCS(=O)(=O)C2)CN1. The number of nitrogens with one attached hydrogen (secondary N) is 1. The zero-order chi connectivity index (χ0) is 11.1. The number of rotatable bonds is 1. The van der Waals surface area contributed by atoms with Crippen molar-refractivity contribution in [1.82, 2.24) is 5.32 Å². The summed E-state index contributed by atoms with van der Waals surface area (Å²) in [6, 6.07) is 0. The van der Waals surface area contributed by atoms with Crippen LogP contribution < -0.4 is 5.32 Å². The lowest BCUT2D eigenvalue weighted by molar-refractivity contribution is 0.332. The summed E-state index contributed by atoms with van der Waals surface area (Å²) >= 11 is 0. The van der Waals surface area contributed by atoms with Gasteiger partial charge in [0.15, 0.2) is 9.84 Å². The minimum atomic E-state index is -2.73. The lowest BCUT2D eigenvalue weighted by atomic mass is 9.85. The van der Waals surface area contributed by atoms with E-state index in [9.17, 15) is 8.42 Å². The Morgan fingerprint density at radius 2 is 2.00 bits per heavy atom. The second-order valence-corrected chi connectivity index (χ2v) is 7.97. The van der Waals surface area contributed by atoms with Crippen molar-refractivity contribution in [3.05, 3.63) is 0 Å². The minimum absolute atomic E-state index is 0.200. The lowest BCUT2D eigenvalue weighted by Crippen LogP contribution is -2.31. The van der Waals surface area contributed by atoms with Crippen LogP contribution in [0.4, 0.5) is 0 Å². The van der Waals surface area contributed by atoms with E-state index in [1.165, 1.54) is 0 Å². The van der Waals surface area contributed by atoms with Gasteiger partial charge in [0.1, 0.15) is 0 Å². The predicted molar refractivity (Wildman–Crippen MR) is 61.6 cm³/mol. The first-order valence-electron chi connectivity index (χ1n) is 5.83. The first-order valence-corrected chi connectivity index (χ1v) is 7.66. The van der Waals surface area contributed by atoms with Crippen molar-refractivity contribution in [3.63, 3.8) is 0 Å². The fourth-order valence-corrected chi connectivity index (χ4v) is 4.83. The molecule has 0 saturated carbocycles. The molecule has 88 valence electrons. The highest BCUT2D eigenvalue weighted by molar-refractivity contribution is 7.91. The van der Waals surface area contributed by atoms with Crippen molar-refractivity contribution in [2.45, 2.75) is 38.6 Å². The van der Waals surface area contributed by atoms with Gasteiger partial charge in [-0.3, -0.25) is 0 Å². The van der Waals surface area contributed by atoms with Crippen LogP contribution in [0.3, 0.4) is 0 Å². The van der Waals surface area contributed by atoms with Gasteiger partial charge in [0.05, 0.1) is 11.5 Å². The maximum absolute atomic E-state index is 11.6. The van der Waals surface area contributed by atoms with E-state index in [1.54, 1.807) is 0 Å². The molecule has 1 N–H and O–H groups in total. The highest BCUT2D eigenvalue weighted by Crippen LogP contribution is 2.34. The number of sulfone groups is 1. The van der Waals surface area contributed by atoms with E-state index in [2.05, 4.69) is 19.2 Å². The van der Waals surface area contributed by atoms with E-state index in [1.807, 2.05) is 0 Å². The standard InChI is InChI=1S/C11H21NO2S/c1-11(2)6-10(7-12-11)9-4-3-5-15(13,14)8-9/h9-10,12H,3-8H2,1-2H3. The lowest BCUT2D eigenvalue weighted by Gasteiger charge is -2.27. The molecule has 15 heavy (non-hydrogen) atoms. The molecule has 0 aromatic heterocycles. The van der Waals surface area contributed by atoms with Gasteiger partial charge in [0.2, 0.25) is 0 Å². The number of hydrogen-bond donors (Lipinski definition) is 1. The van der Waals surface area contributed by atoms with Crippen LogP contribution >= 0.6 is 0 Å². The molecular formula is C11H21NO2S. The van der Waals surface area contributed by atoms with Gasteiger partial charge < -0.3 is 5.32 Å². The largest absolute Gasteiger partial charge is 0.311 e. The summed E-state index contributed by atoms with van der Waals surface area (Å²) in [4.78, 5) is 0. The van der Waals surface area contributed by atoms with E-state index in [0.717, 1.165) is 25.8 Å². The van der Waals surface area contributed by atoms with Gasteiger partial charge in [-0.15, -0.1) is 0 Å². The molecule has 2 aliphatic rings. The van der Waals surface area contributed by atoms with Crippen molar-refractivity contribution in [1.29, 1.82) is 0 Å². The molecule has 4 heteroatoms. The summed E-state index contributed by atoms with van der Waals surface area (Å²) in [5.41, 5.74) is 0.200. The summed E-state index contributed by atoms with van der Waals surface area (Å²) in [5.74, 6) is 1.80. The van der Waals surface area contributed by atoms with Crippen molar-refractivity contribution in [3.8, 4) is 0 Å². The number of hydrogen-bond acceptors (Lipinski definition) is 3. The van der Waals surface area contributed by atoms with E-state index >= 15 is 0 Å². The molecule has 0 aromatic carbocycles. The van der Waals surface area contributed by atoms with Gasteiger partial charge in [0, 0.05) is 5.54 Å². The molecule has 2 unspecified atom stereocenters. The molecule has 2 heterocycles. The Kier molecular flexibility index (Phi) is 2.84. The van der Waals surface area contributed by atoms with Crippen LogP contribution in [0.5, 0.6) is 0 Å². The van der Waals surface area contributed by atoms with Crippen LogP contribution in [0, 0.1) is 11.8 Å². The Hall–Kier alpha value is -0.0900. The molecule has 0 spiro atoms. The third-order valence-corrected chi connectivity index (χ3v) is 5.63. The van der Waals surface area contributed by atoms with E-state index < -0.39 is 9.84 Å². The highest BCUT2D eigenvalue weighted by atomic mass is 32.2. The molecule has 0 aliphatic carbocycles. The van der Waals surface area contributed by atoms with E-state index in [4.69, 9.17) is 0 Å². The maximum Gasteiger partial charge on any atom is 0.150 e. The van der Waals surface area contributed by atoms with Crippen molar-refractivity contribution >= 4 is 9.84 Å². The predicted octanol–water partition coefficient (Wildman–Crippen LogP) is 1.20. The fraction of sp³-hybridized carbons (Fsp3) is 1.00. The smallest absolute Gasteiger partial charge is 0.150 e. The molecule has 0 radical (unpaired) electrons. The van der Waals surface area contributed by atoms with Gasteiger partial charge in [0.25, 0.3) is 0 Å². The molecule has 2 atom stereocenters. The van der Waals surface area contributed by atoms with Crippen LogP contribution in [0.15, 0.2) is 0 Å². The van der Waals surface area contributed by atoms with Crippen LogP contribution in [0.1, 0.15) is 33.1 Å². The second-order valence-electron chi connectivity index (χ2n) is 5.75. The maximum atomic E-state index is 11.6. The van der Waals surface area contributed by atoms with Crippen molar-refractivity contribution < 1.29 is 8.42 Å². The Morgan fingerprint density at radius 1 is 1.27 bits per heavy atom. The summed E-state index contributed by atoms with van der Waals surface area (Å²) in [6.45, 7) is 5.39. The third-order valence-electron chi connectivity index (χ3n) is 3.78. The monoisotopic (exact) mass is 231 g/mol. The Balaban J connectivity index is 2.00. The third kappa shape index (κ3) is 2.72. The zero-order valence-corrected chi connectivity index (χ0v) is 10.4. The zero-order valence-electron chi connectivity index (χ0n) is 9.62. The topological polar surface area (TPSA) is 46.2 Å². The van der Waals surface area contributed by atoms with Crippen molar-refractivity contribution in [2.75, 3.05) is 18.1 Å². The Labute approximate surface area is 92.6 Å². The van der Waals surface area contributed by atoms with Crippen LogP contribution in [-0.4, -0.2) is 32.0 Å². The normalized spacial score (nSPS) is 39.1. The molecule has 2 rings (SSSR count). The summed E-state index contributed by atoms with van der Waals surface area (Å²) in [6.07, 6.45) is 3.08. The summed E-state index contributed by atoms with van der Waals surface area (Å²) in [7, 11) is -2.73. The molecule has 2 saturated heterocycles. The minimum Gasteiger partial charge on any atom is -0.311 e. The van der Waals surface area contributed by atoms with Gasteiger partial charge in [-0.2, -0.15) is 0 Å². The molecule has 0 bridgehead atoms. The highest BCUT2D eigenvalue weighted by Gasteiger charge is 2.38. The van der Waals surface area contributed by atoms with Crippen LogP contribution in [0.2, 0.25) is 0 Å². The molecule has 2 fully saturated rings. The molecular weight excluding hydrogens is 210 g/mol. The molecule has 2 aliphatic heterocycles. The first kappa shape index (κ1) is 11.4. The fourth-order valence-electron chi connectivity index (χ4n) is 2.97. The molecule has 3 nitrogen and oxygen atoms in total. The molecule has 0 aromatic rings. The van der Waals surface area contributed by atoms with Crippen LogP contribution in [0.25, 0.3) is 0 Å².